The van der Waals surface area contributed by atoms with Crippen molar-refractivity contribution >= 4 is 5.82 Å². The first-order valence-electron chi connectivity index (χ1n) is 7.45. The number of rotatable bonds is 8. The van der Waals surface area contributed by atoms with Gasteiger partial charge in [-0.15, -0.1) is 0 Å². The second kappa shape index (κ2) is 8.16. The molecule has 0 aliphatic carbocycles. The van der Waals surface area contributed by atoms with Gasteiger partial charge in [0.25, 0.3) is 0 Å². The minimum atomic E-state index is 0.706. The van der Waals surface area contributed by atoms with Crippen LogP contribution in [0.2, 0.25) is 0 Å². The van der Waals surface area contributed by atoms with Gasteiger partial charge in [0, 0.05) is 26.3 Å². The average Bonchev–Trinajstić information content (AvgIpc) is 2.38. The fourth-order valence-electron chi connectivity index (χ4n) is 2.21. The highest BCUT2D eigenvalue weighted by Gasteiger charge is 2.09. The molecule has 0 fully saturated rings. The van der Waals surface area contributed by atoms with Gasteiger partial charge in [0.1, 0.15) is 5.82 Å². The Morgan fingerprint density at radius 3 is 2.68 bits per heavy atom. The molecule has 1 atom stereocenters. The standard InChI is InChI=1S/C16H29N3/c1-6-8-17-10-15-9-14(4)16(18-11-15)19(5)12-13(3)7-2/h9,11,13,17H,6-8,10,12H2,1-5H3. The first-order valence-corrected chi connectivity index (χ1v) is 7.45. The molecule has 1 aromatic rings. The highest BCUT2D eigenvalue weighted by atomic mass is 15.2. The number of hydrogen-bond donors (Lipinski definition) is 1. The summed E-state index contributed by atoms with van der Waals surface area (Å²) in [7, 11) is 2.14. The number of anilines is 1. The molecule has 0 aliphatic heterocycles. The molecule has 1 heterocycles. The van der Waals surface area contributed by atoms with Crippen LogP contribution in [0, 0.1) is 12.8 Å². The van der Waals surface area contributed by atoms with Gasteiger partial charge in [-0.1, -0.05) is 27.2 Å². The van der Waals surface area contributed by atoms with Gasteiger partial charge in [0.2, 0.25) is 0 Å². The van der Waals surface area contributed by atoms with Crippen molar-refractivity contribution < 1.29 is 0 Å². The van der Waals surface area contributed by atoms with Gasteiger partial charge < -0.3 is 10.2 Å². The van der Waals surface area contributed by atoms with Gasteiger partial charge in [-0.05, 0) is 43.0 Å². The van der Waals surface area contributed by atoms with Crippen molar-refractivity contribution in [2.45, 2.75) is 47.1 Å². The van der Waals surface area contributed by atoms with E-state index < -0.39 is 0 Å². The van der Waals surface area contributed by atoms with Crippen LogP contribution in [0.15, 0.2) is 12.3 Å². The molecule has 0 aliphatic rings. The summed E-state index contributed by atoms with van der Waals surface area (Å²) in [5.41, 5.74) is 2.54. The van der Waals surface area contributed by atoms with Crippen LogP contribution in [0.5, 0.6) is 0 Å². The first kappa shape index (κ1) is 16.0. The molecule has 1 unspecified atom stereocenters. The zero-order valence-corrected chi connectivity index (χ0v) is 13.2. The van der Waals surface area contributed by atoms with Gasteiger partial charge in [-0.25, -0.2) is 4.98 Å². The Hall–Kier alpha value is -1.09. The van der Waals surface area contributed by atoms with E-state index in [1.54, 1.807) is 0 Å². The minimum absolute atomic E-state index is 0.706. The highest BCUT2D eigenvalue weighted by molar-refractivity contribution is 5.46. The maximum absolute atomic E-state index is 4.63. The lowest BCUT2D eigenvalue weighted by Gasteiger charge is -2.23. The summed E-state index contributed by atoms with van der Waals surface area (Å²) in [6, 6.07) is 2.25. The van der Waals surface area contributed by atoms with E-state index in [4.69, 9.17) is 0 Å². The van der Waals surface area contributed by atoms with Crippen molar-refractivity contribution in [1.82, 2.24) is 10.3 Å². The summed E-state index contributed by atoms with van der Waals surface area (Å²) in [5.74, 6) is 1.82. The predicted molar refractivity (Wildman–Crippen MR) is 83.7 cm³/mol. The van der Waals surface area contributed by atoms with E-state index in [2.05, 4.69) is 56.0 Å². The summed E-state index contributed by atoms with van der Waals surface area (Å²) < 4.78 is 0. The Kier molecular flexibility index (Phi) is 6.85. The fourth-order valence-corrected chi connectivity index (χ4v) is 2.21. The highest BCUT2D eigenvalue weighted by Crippen LogP contribution is 2.18. The molecule has 1 N–H and O–H groups in total. The molecule has 0 bridgehead atoms. The third-order valence-corrected chi connectivity index (χ3v) is 3.51. The van der Waals surface area contributed by atoms with Crippen LogP contribution in [-0.2, 0) is 6.54 Å². The molecule has 0 saturated carbocycles. The zero-order chi connectivity index (χ0) is 14.3. The van der Waals surface area contributed by atoms with Crippen LogP contribution in [0.25, 0.3) is 0 Å². The van der Waals surface area contributed by atoms with Crippen molar-refractivity contribution in [2.75, 3.05) is 25.0 Å². The Balaban J connectivity index is 2.65. The number of nitrogens with one attached hydrogen (secondary N) is 1. The molecule has 0 aromatic carbocycles. The monoisotopic (exact) mass is 263 g/mol. The number of aryl methyl sites for hydroxylation is 1. The molecule has 0 radical (unpaired) electrons. The Morgan fingerprint density at radius 1 is 1.37 bits per heavy atom. The summed E-state index contributed by atoms with van der Waals surface area (Å²) in [4.78, 5) is 6.90. The van der Waals surface area contributed by atoms with E-state index in [0.29, 0.717) is 5.92 Å². The third kappa shape index (κ3) is 5.19. The Labute approximate surface area is 118 Å². The number of pyridine rings is 1. The van der Waals surface area contributed by atoms with E-state index in [0.717, 1.165) is 25.5 Å². The fraction of sp³-hybridized carbons (Fsp3) is 0.688. The van der Waals surface area contributed by atoms with Crippen LogP contribution in [0.1, 0.15) is 44.7 Å². The second-order valence-corrected chi connectivity index (χ2v) is 5.55. The number of hydrogen-bond acceptors (Lipinski definition) is 3. The van der Waals surface area contributed by atoms with Crippen molar-refractivity contribution in [3.8, 4) is 0 Å². The molecular formula is C16H29N3. The molecule has 3 heteroatoms. The van der Waals surface area contributed by atoms with E-state index in [9.17, 15) is 0 Å². The number of nitrogens with zero attached hydrogens (tertiary/aromatic N) is 2. The lowest BCUT2D eigenvalue weighted by atomic mass is 10.1. The average molecular weight is 263 g/mol. The quantitative estimate of drug-likeness (QED) is 0.729. The molecular weight excluding hydrogens is 234 g/mol. The van der Waals surface area contributed by atoms with Crippen LogP contribution < -0.4 is 10.2 Å². The topological polar surface area (TPSA) is 28.2 Å². The molecule has 0 amide bonds. The van der Waals surface area contributed by atoms with E-state index in [1.807, 2.05) is 6.20 Å². The van der Waals surface area contributed by atoms with Crippen molar-refractivity contribution in [2.24, 2.45) is 5.92 Å². The summed E-state index contributed by atoms with van der Waals surface area (Å²) in [5, 5.41) is 3.42. The largest absolute Gasteiger partial charge is 0.359 e. The molecule has 1 rings (SSSR count). The van der Waals surface area contributed by atoms with Crippen LogP contribution >= 0.6 is 0 Å². The van der Waals surface area contributed by atoms with Crippen molar-refractivity contribution in [1.29, 1.82) is 0 Å². The van der Waals surface area contributed by atoms with Crippen molar-refractivity contribution in [3.63, 3.8) is 0 Å². The van der Waals surface area contributed by atoms with Crippen LogP contribution in [0.4, 0.5) is 5.82 Å². The molecule has 0 saturated heterocycles. The molecule has 0 spiro atoms. The zero-order valence-electron chi connectivity index (χ0n) is 13.2. The van der Waals surface area contributed by atoms with E-state index >= 15 is 0 Å². The van der Waals surface area contributed by atoms with Crippen molar-refractivity contribution in [3.05, 3.63) is 23.4 Å². The molecule has 1 aromatic heterocycles. The molecule has 108 valence electrons. The minimum Gasteiger partial charge on any atom is -0.359 e. The van der Waals surface area contributed by atoms with Gasteiger partial charge in [-0.2, -0.15) is 0 Å². The van der Waals surface area contributed by atoms with Gasteiger partial charge in [-0.3, -0.25) is 0 Å². The SMILES string of the molecule is CCCNCc1cnc(N(C)CC(C)CC)c(C)c1. The maximum atomic E-state index is 4.63. The Morgan fingerprint density at radius 2 is 2.11 bits per heavy atom. The predicted octanol–water partition coefficient (Wildman–Crippen LogP) is 3.37. The van der Waals surface area contributed by atoms with E-state index in [1.165, 1.54) is 24.0 Å². The van der Waals surface area contributed by atoms with Crippen LogP contribution in [0.3, 0.4) is 0 Å². The lowest BCUT2D eigenvalue weighted by Crippen LogP contribution is -2.25. The summed E-state index contributed by atoms with van der Waals surface area (Å²) in [6.45, 7) is 11.9. The second-order valence-electron chi connectivity index (χ2n) is 5.55. The van der Waals surface area contributed by atoms with Gasteiger partial charge in [0.15, 0.2) is 0 Å². The van der Waals surface area contributed by atoms with E-state index in [-0.39, 0.29) is 0 Å². The first-order chi connectivity index (χ1) is 9.08. The number of aromatic nitrogens is 1. The van der Waals surface area contributed by atoms with Gasteiger partial charge >= 0.3 is 0 Å². The third-order valence-electron chi connectivity index (χ3n) is 3.51. The Bertz CT molecular complexity index is 376. The van der Waals surface area contributed by atoms with Gasteiger partial charge in [0.05, 0.1) is 0 Å². The normalized spacial score (nSPS) is 12.5. The summed E-state index contributed by atoms with van der Waals surface area (Å²) >= 11 is 0. The molecule has 19 heavy (non-hydrogen) atoms. The molecule has 3 nitrogen and oxygen atoms in total. The van der Waals surface area contributed by atoms with Crippen LogP contribution in [-0.4, -0.2) is 25.1 Å². The maximum Gasteiger partial charge on any atom is 0.131 e. The lowest BCUT2D eigenvalue weighted by molar-refractivity contribution is 0.557. The summed E-state index contributed by atoms with van der Waals surface area (Å²) in [6.07, 6.45) is 4.38. The smallest absolute Gasteiger partial charge is 0.131 e.